The van der Waals surface area contributed by atoms with E-state index in [1.54, 1.807) is 13.2 Å². The Morgan fingerprint density at radius 3 is 3.04 bits per heavy atom. The van der Waals surface area contributed by atoms with Gasteiger partial charge < -0.3 is 9.88 Å². The van der Waals surface area contributed by atoms with E-state index in [-0.39, 0.29) is 0 Å². The molecule has 0 fully saturated rings. The lowest BCUT2D eigenvalue weighted by Gasteiger charge is -2.15. The maximum atomic E-state index is 11.5. The molecular formula is C14H22N6O2S. The maximum absolute atomic E-state index is 11.5. The smallest absolute Gasteiger partial charge is 0.211 e. The van der Waals surface area contributed by atoms with E-state index in [2.05, 4.69) is 21.5 Å². The largest absolute Gasteiger partial charge is 0.328 e. The van der Waals surface area contributed by atoms with E-state index < -0.39 is 10.0 Å². The van der Waals surface area contributed by atoms with Crippen LogP contribution in [0.4, 0.5) is 0 Å². The molecule has 3 heterocycles. The number of sulfonamides is 1. The first-order valence-corrected chi connectivity index (χ1v) is 9.50. The van der Waals surface area contributed by atoms with Crippen molar-refractivity contribution in [1.29, 1.82) is 0 Å². The van der Waals surface area contributed by atoms with Crippen molar-refractivity contribution in [3.63, 3.8) is 0 Å². The van der Waals surface area contributed by atoms with Gasteiger partial charge in [-0.15, -0.1) is 0 Å². The summed E-state index contributed by atoms with van der Waals surface area (Å²) in [5.41, 5.74) is 1.98. The molecular weight excluding hydrogens is 316 g/mol. The summed E-state index contributed by atoms with van der Waals surface area (Å²) >= 11 is 0. The predicted molar refractivity (Wildman–Crippen MR) is 87.2 cm³/mol. The Morgan fingerprint density at radius 1 is 1.43 bits per heavy atom. The standard InChI is InChI=1S/C14H22N6O2S/c1-18(23(2,21)22)8-9-19-7-5-16-14(19)13-10-12-11-15-4-3-6-20(12)17-13/h5,7,10,15H,3-4,6,8-9,11H2,1-2H3. The molecule has 2 aromatic heterocycles. The maximum Gasteiger partial charge on any atom is 0.211 e. The number of aryl methyl sites for hydroxylation is 1. The first-order valence-electron chi connectivity index (χ1n) is 7.65. The molecule has 0 unspecified atom stereocenters. The summed E-state index contributed by atoms with van der Waals surface area (Å²) in [4.78, 5) is 4.39. The normalized spacial score (nSPS) is 15.6. The van der Waals surface area contributed by atoms with E-state index in [4.69, 9.17) is 0 Å². The lowest BCUT2D eigenvalue weighted by atomic mass is 10.3. The van der Waals surface area contributed by atoms with E-state index in [0.717, 1.165) is 43.3 Å². The van der Waals surface area contributed by atoms with Gasteiger partial charge in [-0.2, -0.15) is 5.10 Å². The predicted octanol–water partition coefficient (Wildman–Crippen LogP) is 0.131. The van der Waals surface area contributed by atoms with Gasteiger partial charge in [0, 0.05) is 45.6 Å². The van der Waals surface area contributed by atoms with E-state index in [9.17, 15) is 8.42 Å². The molecule has 0 saturated carbocycles. The first-order chi connectivity index (χ1) is 10.9. The molecule has 0 saturated heterocycles. The van der Waals surface area contributed by atoms with Crippen molar-refractivity contribution in [3.8, 4) is 11.5 Å². The average Bonchev–Trinajstić information content (AvgIpc) is 3.05. The number of likely N-dealkylation sites (N-methyl/N-ethyl adjacent to an activating group) is 1. The van der Waals surface area contributed by atoms with Crippen LogP contribution in [0.5, 0.6) is 0 Å². The number of nitrogens with zero attached hydrogens (tertiary/aromatic N) is 5. The molecule has 2 aromatic rings. The van der Waals surface area contributed by atoms with Crippen LogP contribution >= 0.6 is 0 Å². The van der Waals surface area contributed by atoms with Crippen LogP contribution in [0, 0.1) is 0 Å². The number of nitrogens with one attached hydrogen (secondary N) is 1. The van der Waals surface area contributed by atoms with E-state index in [0.29, 0.717) is 13.1 Å². The van der Waals surface area contributed by atoms with E-state index >= 15 is 0 Å². The van der Waals surface area contributed by atoms with Gasteiger partial charge in [0.05, 0.1) is 11.9 Å². The third kappa shape index (κ3) is 3.62. The van der Waals surface area contributed by atoms with Crippen LogP contribution in [0.2, 0.25) is 0 Å². The Labute approximate surface area is 136 Å². The molecule has 0 bridgehead atoms. The van der Waals surface area contributed by atoms with Crippen LogP contribution < -0.4 is 5.32 Å². The summed E-state index contributed by atoms with van der Waals surface area (Å²) in [6.07, 6.45) is 5.84. The monoisotopic (exact) mass is 338 g/mol. The molecule has 9 heteroatoms. The minimum absolute atomic E-state index is 0.400. The minimum atomic E-state index is -3.17. The Balaban J connectivity index is 1.78. The molecule has 8 nitrogen and oxygen atoms in total. The molecule has 3 rings (SSSR count). The zero-order valence-corrected chi connectivity index (χ0v) is 14.3. The molecule has 1 aliphatic heterocycles. The van der Waals surface area contributed by atoms with Gasteiger partial charge in [0.2, 0.25) is 10.0 Å². The first kappa shape index (κ1) is 16.2. The number of fused-ring (bicyclic) bond motifs is 1. The summed E-state index contributed by atoms with van der Waals surface area (Å²) < 4.78 is 28.3. The quantitative estimate of drug-likeness (QED) is 0.838. The zero-order chi connectivity index (χ0) is 16.4. The lowest BCUT2D eigenvalue weighted by Crippen LogP contribution is -2.29. The number of rotatable bonds is 5. The topological polar surface area (TPSA) is 85.1 Å². The highest BCUT2D eigenvalue weighted by Crippen LogP contribution is 2.19. The van der Waals surface area contributed by atoms with Gasteiger partial charge in [-0.05, 0) is 19.0 Å². The molecule has 1 aliphatic rings. The van der Waals surface area contributed by atoms with Crippen molar-refractivity contribution >= 4 is 10.0 Å². The van der Waals surface area contributed by atoms with Gasteiger partial charge in [0.1, 0.15) is 5.69 Å². The van der Waals surface area contributed by atoms with Crippen molar-refractivity contribution in [2.24, 2.45) is 0 Å². The van der Waals surface area contributed by atoms with Crippen LogP contribution in [0.1, 0.15) is 12.1 Å². The minimum Gasteiger partial charge on any atom is -0.328 e. The van der Waals surface area contributed by atoms with Crippen molar-refractivity contribution < 1.29 is 8.42 Å². The second-order valence-electron chi connectivity index (χ2n) is 5.80. The number of hydrogen-bond donors (Lipinski definition) is 1. The van der Waals surface area contributed by atoms with Crippen molar-refractivity contribution in [3.05, 3.63) is 24.2 Å². The van der Waals surface area contributed by atoms with Crippen LogP contribution in [0.15, 0.2) is 18.5 Å². The molecule has 1 N–H and O–H groups in total. The molecule has 0 atom stereocenters. The highest BCUT2D eigenvalue weighted by Gasteiger charge is 2.16. The third-order valence-corrected chi connectivity index (χ3v) is 5.37. The van der Waals surface area contributed by atoms with Gasteiger partial charge in [-0.1, -0.05) is 0 Å². The number of aromatic nitrogens is 4. The van der Waals surface area contributed by atoms with E-state index in [1.165, 1.54) is 10.6 Å². The van der Waals surface area contributed by atoms with Crippen LogP contribution in [0.25, 0.3) is 11.5 Å². The molecule has 0 radical (unpaired) electrons. The molecule has 126 valence electrons. The number of imidazole rings is 1. The van der Waals surface area contributed by atoms with E-state index in [1.807, 2.05) is 15.4 Å². The van der Waals surface area contributed by atoms with Gasteiger partial charge in [0.15, 0.2) is 5.82 Å². The summed E-state index contributed by atoms with van der Waals surface area (Å²) in [7, 11) is -1.59. The van der Waals surface area contributed by atoms with Crippen molar-refractivity contribution in [2.45, 2.75) is 26.1 Å². The van der Waals surface area contributed by atoms with Gasteiger partial charge in [-0.25, -0.2) is 17.7 Å². The van der Waals surface area contributed by atoms with Crippen molar-refractivity contribution in [2.75, 3.05) is 26.4 Å². The second kappa shape index (κ2) is 6.42. The summed E-state index contributed by atoms with van der Waals surface area (Å²) in [6.45, 7) is 3.66. The molecule has 23 heavy (non-hydrogen) atoms. The van der Waals surface area contributed by atoms with Crippen LogP contribution in [0.3, 0.4) is 0 Å². The Morgan fingerprint density at radius 2 is 2.26 bits per heavy atom. The fourth-order valence-corrected chi connectivity index (χ4v) is 3.02. The van der Waals surface area contributed by atoms with Gasteiger partial charge in [-0.3, -0.25) is 4.68 Å². The summed E-state index contributed by atoms with van der Waals surface area (Å²) in [6, 6.07) is 2.05. The number of hydrogen-bond acceptors (Lipinski definition) is 5. The third-order valence-electron chi connectivity index (χ3n) is 4.06. The average molecular weight is 338 g/mol. The fraction of sp³-hybridized carbons (Fsp3) is 0.571. The van der Waals surface area contributed by atoms with Crippen LogP contribution in [-0.2, 0) is 29.7 Å². The SMILES string of the molecule is CN(CCn1ccnc1-c1cc2n(n1)CCCNC2)S(C)(=O)=O. The summed E-state index contributed by atoms with van der Waals surface area (Å²) in [5.74, 6) is 0.771. The Bertz CT molecular complexity index is 756. The molecule has 0 aromatic carbocycles. The molecule has 0 aliphatic carbocycles. The lowest BCUT2D eigenvalue weighted by molar-refractivity contribution is 0.450. The fourth-order valence-electron chi connectivity index (χ4n) is 2.61. The summed E-state index contributed by atoms with van der Waals surface area (Å²) in [5, 5.41) is 8.02. The van der Waals surface area contributed by atoms with Crippen molar-refractivity contribution in [1.82, 2.24) is 29.0 Å². The molecule has 0 spiro atoms. The zero-order valence-electron chi connectivity index (χ0n) is 13.4. The van der Waals surface area contributed by atoms with Crippen LogP contribution in [-0.4, -0.2) is 58.4 Å². The van der Waals surface area contributed by atoms with Gasteiger partial charge >= 0.3 is 0 Å². The highest BCUT2D eigenvalue weighted by molar-refractivity contribution is 7.88. The Kier molecular flexibility index (Phi) is 4.51. The van der Waals surface area contributed by atoms with Gasteiger partial charge in [0.25, 0.3) is 0 Å². The Hall–Kier alpha value is -1.71. The molecule has 0 amide bonds. The highest BCUT2D eigenvalue weighted by atomic mass is 32.2. The second-order valence-corrected chi connectivity index (χ2v) is 7.89.